The van der Waals surface area contributed by atoms with Gasteiger partial charge in [-0.3, -0.25) is 0 Å². The molecular weight excluding hydrogens is 191 g/mol. The predicted octanol–water partition coefficient (Wildman–Crippen LogP) is 3.08. The molecule has 0 aromatic heterocycles. The van der Waals surface area contributed by atoms with Crippen molar-refractivity contribution in [3.63, 3.8) is 0 Å². The fourth-order valence-corrected chi connectivity index (χ4v) is 1.09. The minimum absolute atomic E-state index is 0.0669. The zero-order chi connectivity index (χ0) is 11.3. The fourth-order valence-electron chi connectivity index (χ4n) is 1.09. The van der Waals surface area contributed by atoms with Crippen molar-refractivity contribution in [3.8, 4) is 6.07 Å². The molecule has 0 saturated carbocycles. The summed E-state index contributed by atoms with van der Waals surface area (Å²) in [4.78, 5) is 0. The van der Waals surface area contributed by atoms with Crippen molar-refractivity contribution in [2.75, 3.05) is 11.9 Å². The summed E-state index contributed by atoms with van der Waals surface area (Å²) >= 11 is 0. The van der Waals surface area contributed by atoms with Gasteiger partial charge < -0.3 is 5.32 Å². The Morgan fingerprint density at radius 1 is 1.53 bits per heavy atom. The number of benzene rings is 1. The molecule has 0 aliphatic carbocycles. The molecule has 1 N–H and O–H groups in total. The van der Waals surface area contributed by atoms with Gasteiger partial charge in [-0.2, -0.15) is 5.26 Å². The third-order valence-electron chi connectivity index (χ3n) is 1.90. The van der Waals surface area contributed by atoms with E-state index in [-0.39, 0.29) is 5.56 Å². The van der Waals surface area contributed by atoms with E-state index in [1.165, 1.54) is 17.7 Å². The number of nitriles is 1. The molecule has 0 saturated heterocycles. The molecule has 0 unspecified atom stereocenters. The summed E-state index contributed by atoms with van der Waals surface area (Å²) in [6, 6.07) is 6.23. The first-order chi connectivity index (χ1) is 7.13. The number of nitrogens with one attached hydrogen (secondary N) is 1. The van der Waals surface area contributed by atoms with Crippen molar-refractivity contribution in [1.82, 2.24) is 0 Å². The first-order valence-corrected chi connectivity index (χ1v) is 4.70. The van der Waals surface area contributed by atoms with E-state index in [4.69, 9.17) is 5.26 Å². The molecule has 15 heavy (non-hydrogen) atoms. The Hall–Kier alpha value is -1.82. The van der Waals surface area contributed by atoms with Crippen molar-refractivity contribution in [3.05, 3.63) is 41.2 Å². The molecule has 78 valence electrons. The monoisotopic (exact) mass is 204 g/mol. The van der Waals surface area contributed by atoms with Crippen LogP contribution in [0.2, 0.25) is 0 Å². The third-order valence-corrected chi connectivity index (χ3v) is 1.90. The molecule has 1 aromatic rings. The zero-order valence-corrected chi connectivity index (χ0v) is 8.84. The molecule has 0 heterocycles. The van der Waals surface area contributed by atoms with Crippen LogP contribution in [0.3, 0.4) is 0 Å². The number of rotatable bonds is 3. The topological polar surface area (TPSA) is 35.8 Å². The number of allylic oxidation sites excluding steroid dienone is 1. The van der Waals surface area contributed by atoms with Crippen molar-refractivity contribution in [2.24, 2.45) is 0 Å². The lowest BCUT2D eigenvalue weighted by Gasteiger charge is -2.04. The number of hydrogen-bond donors (Lipinski definition) is 1. The van der Waals surface area contributed by atoms with Gasteiger partial charge in [-0.15, -0.1) is 0 Å². The molecule has 0 bridgehead atoms. The second-order valence-electron chi connectivity index (χ2n) is 3.47. The van der Waals surface area contributed by atoms with Crippen molar-refractivity contribution < 1.29 is 4.39 Å². The summed E-state index contributed by atoms with van der Waals surface area (Å²) in [5.74, 6) is -0.481. The minimum Gasteiger partial charge on any atom is -0.382 e. The second kappa shape index (κ2) is 5.16. The number of nitrogens with zero attached hydrogens (tertiary/aromatic N) is 1. The average Bonchev–Trinajstić information content (AvgIpc) is 2.20. The van der Waals surface area contributed by atoms with E-state index >= 15 is 0 Å². The van der Waals surface area contributed by atoms with Crippen molar-refractivity contribution in [2.45, 2.75) is 13.8 Å². The van der Waals surface area contributed by atoms with Gasteiger partial charge in [0.05, 0.1) is 5.56 Å². The average molecular weight is 204 g/mol. The summed E-state index contributed by atoms with van der Waals surface area (Å²) in [6.45, 7) is 4.69. The third kappa shape index (κ3) is 3.43. The van der Waals surface area contributed by atoms with Gasteiger partial charge in [0.1, 0.15) is 11.9 Å². The number of halogens is 1. The van der Waals surface area contributed by atoms with Crippen LogP contribution < -0.4 is 5.32 Å². The minimum atomic E-state index is -0.481. The zero-order valence-electron chi connectivity index (χ0n) is 8.84. The first-order valence-electron chi connectivity index (χ1n) is 4.70. The van der Waals surface area contributed by atoms with Crippen LogP contribution in [0.15, 0.2) is 29.8 Å². The van der Waals surface area contributed by atoms with E-state index in [0.29, 0.717) is 6.54 Å². The molecule has 2 nitrogen and oxygen atoms in total. The highest BCUT2D eigenvalue weighted by Gasteiger charge is 2.01. The van der Waals surface area contributed by atoms with Gasteiger partial charge in [-0.05, 0) is 32.0 Å². The Labute approximate surface area is 89.0 Å². The van der Waals surface area contributed by atoms with Gasteiger partial charge in [0, 0.05) is 12.2 Å². The quantitative estimate of drug-likeness (QED) is 0.768. The van der Waals surface area contributed by atoms with Gasteiger partial charge in [0.25, 0.3) is 0 Å². The second-order valence-corrected chi connectivity index (χ2v) is 3.47. The van der Waals surface area contributed by atoms with Gasteiger partial charge in [-0.1, -0.05) is 11.6 Å². The van der Waals surface area contributed by atoms with Crippen LogP contribution in [0.25, 0.3) is 0 Å². The maximum atomic E-state index is 13.0. The largest absolute Gasteiger partial charge is 0.382 e. The van der Waals surface area contributed by atoms with E-state index in [1.807, 2.05) is 19.9 Å². The molecule has 3 heteroatoms. The van der Waals surface area contributed by atoms with E-state index in [2.05, 4.69) is 5.32 Å². The first kappa shape index (κ1) is 11.3. The Morgan fingerprint density at radius 3 is 2.87 bits per heavy atom. The normalized spacial score (nSPS) is 9.20. The molecule has 0 spiro atoms. The lowest BCUT2D eigenvalue weighted by atomic mass is 10.2. The van der Waals surface area contributed by atoms with Crippen LogP contribution in [0.1, 0.15) is 19.4 Å². The Balaban J connectivity index is 2.72. The highest BCUT2D eigenvalue weighted by molar-refractivity contribution is 5.50. The lowest BCUT2D eigenvalue weighted by molar-refractivity contribution is 0.624. The van der Waals surface area contributed by atoms with Gasteiger partial charge >= 0.3 is 0 Å². The Bertz CT molecular complexity index is 412. The lowest BCUT2D eigenvalue weighted by Crippen LogP contribution is -1.99. The molecular formula is C12H13FN2. The Morgan fingerprint density at radius 2 is 2.27 bits per heavy atom. The van der Waals surface area contributed by atoms with Gasteiger partial charge in [-0.25, -0.2) is 4.39 Å². The van der Waals surface area contributed by atoms with Crippen molar-refractivity contribution in [1.29, 1.82) is 5.26 Å². The fraction of sp³-hybridized carbons (Fsp3) is 0.250. The van der Waals surface area contributed by atoms with Crippen molar-refractivity contribution >= 4 is 5.69 Å². The number of hydrogen-bond acceptors (Lipinski definition) is 2. The summed E-state index contributed by atoms with van der Waals surface area (Å²) in [7, 11) is 0. The maximum Gasteiger partial charge on any atom is 0.141 e. The van der Waals surface area contributed by atoms with Gasteiger partial charge in [0.15, 0.2) is 0 Å². The SMILES string of the molecule is CC(C)=CCNc1ccc(F)c(C#N)c1. The summed E-state index contributed by atoms with van der Waals surface area (Å²) < 4.78 is 13.0. The van der Waals surface area contributed by atoms with Crippen LogP contribution in [0.4, 0.5) is 10.1 Å². The molecule has 0 aliphatic rings. The molecule has 1 rings (SSSR count). The van der Waals surface area contributed by atoms with E-state index in [1.54, 1.807) is 12.1 Å². The smallest absolute Gasteiger partial charge is 0.141 e. The number of anilines is 1. The highest BCUT2D eigenvalue weighted by Crippen LogP contribution is 2.13. The van der Waals surface area contributed by atoms with Crippen LogP contribution in [0.5, 0.6) is 0 Å². The molecule has 0 atom stereocenters. The maximum absolute atomic E-state index is 13.0. The predicted molar refractivity (Wildman–Crippen MR) is 59.0 cm³/mol. The Kier molecular flexibility index (Phi) is 3.87. The van der Waals surface area contributed by atoms with Crippen LogP contribution in [0, 0.1) is 17.1 Å². The van der Waals surface area contributed by atoms with Crippen LogP contribution >= 0.6 is 0 Å². The summed E-state index contributed by atoms with van der Waals surface area (Å²) in [6.07, 6.45) is 2.02. The summed E-state index contributed by atoms with van der Waals surface area (Å²) in [5, 5.41) is 11.7. The molecule has 0 fully saturated rings. The molecule has 0 radical (unpaired) electrons. The molecule has 0 aliphatic heterocycles. The van der Waals surface area contributed by atoms with E-state index in [0.717, 1.165) is 5.69 Å². The van der Waals surface area contributed by atoms with Crippen LogP contribution in [-0.2, 0) is 0 Å². The molecule has 1 aromatic carbocycles. The van der Waals surface area contributed by atoms with E-state index < -0.39 is 5.82 Å². The van der Waals surface area contributed by atoms with Crippen LogP contribution in [-0.4, -0.2) is 6.54 Å². The van der Waals surface area contributed by atoms with Gasteiger partial charge in [0.2, 0.25) is 0 Å². The van der Waals surface area contributed by atoms with E-state index in [9.17, 15) is 4.39 Å². The summed E-state index contributed by atoms with van der Waals surface area (Å²) in [5.41, 5.74) is 2.03. The standard InChI is InChI=1S/C12H13FN2/c1-9(2)5-6-15-11-3-4-12(13)10(7-11)8-14/h3-5,7,15H,6H2,1-2H3. The highest BCUT2D eigenvalue weighted by atomic mass is 19.1. The molecule has 0 amide bonds.